The Labute approximate surface area is 139 Å². The number of rotatable bonds is 5. The summed E-state index contributed by atoms with van der Waals surface area (Å²) in [5, 5.41) is -0.510. The summed E-state index contributed by atoms with van der Waals surface area (Å²) in [6.45, 7) is 0.433. The van der Waals surface area contributed by atoms with Crippen LogP contribution in [0.4, 0.5) is 0 Å². The number of thioether (sulfide) groups is 1. The number of nitrogens with zero attached hydrogens (tertiary/aromatic N) is 1. The van der Waals surface area contributed by atoms with E-state index in [1.54, 1.807) is 6.07 Å². The molecule has 2 rings (SSSR count). The van der Waals surface area contributed by atoms with Crippen molar-refractivity contribution < 1.29 is 27.4 Å². The number of methoxy groups -OCH3 is 3. The number of carbonyl (C=O) groups is 1. The van der Waals surface area contributed by atoms with Crippen LogP contribution in [0.1, 0.15) is 0 Å². The minimum absolute atomic E-state index is 0.0913. The van der Waals surface area contributed by atoms with Crippen LogP contribution < -0.4 is 9.47 Å². The van der Waals surface area contributed by atoms with Crippen molar-refractivity contribution in [3.63, 3.8) is 0 Å². The van der Waals surface area contributed by atoms with E-state index in [4.69, 9.17) is 14.2 Å². The Morgan fingerprint density at radius 3 is 2.52 bits per heavy atom. The number of esters is 1. The van der Waals surface area contributed by atoms with E-state index < -0.39 is 21.2 Å². The second-order valence-electron chi connectivity index (χ2n) is 4.76. The van der Waals surface area contributed by atoms with E-state index in [1.165, 1.54) is 49.5 Å². The summed E-state index contributed by atoms with van der Waals surface area (Å²) in [4.78, 5) is 11.8. The Bertz CT molecular complexity index is 676. The minimum Gasteiger partial charge on any atom is -0.493 e. The molecule has 1 heterocycles. The molecule has 9 heteroatoms. The predicted octanol–water partition coefficient (Wildman–Crippen LogP) is 0.983. The van der Waals surface area contributed by atoms with Crippen molar-refractivity contribution in [3.8, 4) is 11.5 Å². The summed E-state index contributed by atoms with van der Waals surface area (Å²) in [6, 6.07) is 4.43. The highest BCUT2D eigenvalue weighted by Gasteiger charge is 2.34. The molecular formula is C14H19NO6S2. The van der Waals surface area contributed by atoms with Gasteiger partial charge in [0.15, 0.2) is 11.5 Å². The number of ether oxygens (including phenoxy) is 3. The van der Waals surface area contributed by atoms with Gasteiger partial charge in [0, 0.05) is 24.9 Å². The van der Waals surface area contributed by atoms with Gasteiger partial charge in [-0.05, 0) is 12.1 Å². The summed E-state index contributed by atoms with van der Waals surface area (Å²) < 4.78 is 41.8. The molecule has 23 heavy (non-hydrogen) atoms. The minimum atomic E-state index is -3.72. The lowest BCUT2D eigenvalue weighted by Crippen LogP contribution is -2.44. The summed E-state index contributed by atoms with van der Waals surface area (Å²) in [6.07, 6.45) is 0. The highest BCUT2D eigenvalue weighted by molar-refractivity contribution is 8.00. The van der Waals surface area contributed by atoms with Crippen LogP contribution in [-0.2, 0) is 19.6 Å². The summed E-state index contributed by atoms with van der Waals surface area (Å²) in [5.41, 5.74) is 0. The molecule has 1 aromatic carbocycles. The summed E-state index contributed by atoms with van der Waals surface area (Å²) in [5.74, 6) is 0.909. The van der Waals surface area contributed by atoms with Gasteiger partial charge in [-0.2, -0.15) is 4.31 Å². The average Bonchev–Trinajstić information content (AvgIpc) is 2.60. The maximum Gasteiger partial charge on any atom is 0.320 e. The van der Waals surface area contributed by atoms with Crippen molar-refractivity contribution in [1.29, 1.82) is 0 Å². The molecular weight excluding hydrogens is 342 g/mol. The van der Waals surface area contributed by atoms with Crippen LogP contribution in [0, 0.1) is 0 Å². The molecule has 1 fully saturated rings. The van der Waals surface area contributed by atoms with E-state index in [0.29, 0.717) is 23.8 Å². The van der Waals surface area contributed by atoms with Gasteiger partial charge in [0.2, 0.25) is 10.0 Å². The van der Waals surface area contributed by atoms with Crippen LogP contribution in [0.15, 0.2) is 23.1 Å². The zero-order valence-electron chi connectivity index (χ0n) is 13.1. The first kappa shape index (κ1) is 17.9. The van der Waals surface area contributed by atoms with Crippen molar-refractivity contribution in [2.75, 3.05) is 40.2 Å². The normalized spacial score (nSPS) is 19.2. The smallest absolute Gasteiger partial charge is 0.320 e. The van der Waals surface area contributed by atoms with Crippen LogP contribution in [0.5, 0.6) is 11.5 Å². The number of hydrogen-bond acceptors (Lipinski definition) is 7. The standard InChI is InChI=1S/C14H19NO6S2/c1-19-11-5-4-10(8-12(11)20-2)23(17,18)15-6-7-22-13(9-15)14(16)21-3/h4-5,8,13H,6-7,9H2,1-3H3/t13-/m1/s1. The average molecular weight is 361 g/mol. The van der Waals surface area contributed by atoms with E-state index in [0.717, 1.165) is 0 Å². The first-order valence-corrected chi connectivity index (χ1v) is 9.34. The lowest BCUT2D eigenvalue weighted by Gasteiger charge is -2.30. The molecule has 0 amide bonds. The largest absolute Gasteiger partial charge is 0.493 e. The number of hydrogen-bond donors (Lipinski definition) is 0. The molecule has 7 nitrogen and oxygen atoms in total. The van der Waals surface area contributed by atoms with Crippen LogP contribution in [0.3, 0.4) is 0 Å². The fraction of sp³-hybridized carbons (Fsp3) is 0.500. The Morgan fingerprint density at radius 1 is 1.22 bits per heavy atom. The molecule has 0 aromatic heterocycles. The van der Waals surface area contributed by atoms with Gasteiger partial charge in [0.25, 0.3) is 0 Å². The fourth-order valence-electron chi connectivity index (χ4n) is 2.24. The van der Waals surface area contributed by atoms with Crippen molar-refractivity contribution >= 4 is 27.8 Å². The number of sulfonamides is 1. The highest BCUT2D eigenvalue weighted by atomic mass is 32.2. The first-order chi connectivity index (χ1) is 10.9. The third-order valence-corrected chi connectivity index (χ3v) is 6.51. The second-order valence-corrected chi connectivity index (χ2v) is 8.01. The SMILES string of the molecule is COC(=O)[C@H]1CN(S(=O)(=O)c2ccc(OC)c(OC)c2)CCS1. The van der Waals surface area contributed by atoms with Gasteiger partial charge in [0.1, 0.15) is 5.25 Å². The molecule has 1 atom stereocenters. The molecule has 0 radical (unpaired) electrons. The van der Waals surface area contributed by atoms with Crippen molar-refractivity contribution in [2.24, 2.45) is 0 Å². The lowest BCUT2D eigenvalue weighted by atomic mass is 10.3. The van der Waals surface area contributed by atoms with Gasteiger partial charge in [0.05, 0.1) is 26.2 Å². The maximum absolute atomic E-state index is 12.8. The van der Waals surface area contributed by atoms with E-state index in [2.05, 4.69) is 0 Å². The van der Waals surface area contributed by atoms with Crippen molar-refractivity contribution in [2.45, 2.75) is 10.1 Å². The van der Waals surface area contributed by atoms with Crippen molar-refractivity contribution in [1.82, 2.24) is 4.31 Å². The Hall–Kier alpha value is -1.45. The molecule has 1 saturated heterocycles. The molecule has 1 aliphatic rings. The van der Waals surface area contributed by atoms with Gasteiger partial charge >= 0.3 is 5.97 Å². The fourth-order valence-corrected chi connectivity index (χ4v) is 5.05. The third-order valence-electron chi connectivity index (χ3n) is 3.49. The van der Waals surface area contributed by atoms with E-state index in [1.807, 2.05) is 0 Å². The van der Waals surface area contributed by atoms with Crippen LogP contribution >= 0.6 is 11.8 Å². The molecule has 0 spiro atoms. The molecule has 0 aliphatic carbocycles. The zero-order chi connectivity index (χ0) is 17.0. The van der Waals surface area contributed by atoms with Crippen LogP contribution in [-0.4, -0.2) is 64.1 Å². The van der Waals surface area contributed by atoms with E-state index in [9.17, 15) is 13.2 Å². The van der Waals surface area contributed by atoms with Crippen LogP contribution in [0.2, 0.25) is 0 Å². The second kappa shape index (κ2) is 7.41. The zero-order valence-corrected chi connectivity index (χ0v) is 14.8. The maximum atomic E-state index is 12.8. The summed E-state index contributed by atoms with van der Waals surface area (Å²) >= 11 is 1.40. The Morgan fingerprint density at radius 2 is 1.91 bits per heavy atom. The van der Waals surface area contributed by atoms with E-state index >= 15 is 0 Å². The summed E-state index contributed by atoms with van der Waals surface area (Å²) in [7, 11) is 0.503. The monoisotopic (exact) mass is 361 g/mol. The van der Waals surface area contributed by atoms with Gasteiger partial charge in [-0.15, -0.1) is 11.8 Å². The van der Waals surface area contributed by atoms with Gasteiger partial charge in [-0.3, -0.25) is 4.79 Å². The van der Waals surface area contributed by atoms with E-state index in [-0.39, 0.29) is 11.4 Å². The molecule has 0 unspecified atom stereocenters. The molecule has 128 valence electrons. The highest BCUT2D eigenvalue weighted by Crippen LogP contribution is 2.32. The predicted molar refractivity (Wildman–Crippen MR) is 86.6 cm³/mol. The Balaban J connectivity index is 2.29. The Kier molecular flexibility index (Phi) is 5.77. The third kappa shape index (κ3) is 3.73. The van der Waals surface area contributed by atoms with Crippen molar-refractivity contribution in [3.05, 3.63) is 18.2 Å². The molecule has 1 aliphatic heterocycles. The lowest BCUT2D eigenvalue weighted by molar-refractivity contribution is -0.140. The van der Waals surface area contributed by atoms with Gasteiger partial charge in [-0.1, -0.05) is 0 Å². The van der Waals surface area contributed by atoms with Gasteiger partial charge in [-0.25, -0.2) is 8.42 Å². The molecule has 0 saturated carbocycles. The van der Waals surface area contributed by atoms with Gasteiger partial charge < -0.3 is 14.2 Å². The first-order valence-electron chi connectivity index (χ1n) is 6.85. The molecule has 1 aromatic rings. The molecule has 0 N–H and O–H groups in total. The topological polar surface area (TPSA) is 82.1 Å². The number of benzene rings is 1. The quantitative estimate of drug-likeness (QED) is 0.723. The van der Waals surface area contributed by atoms with Crippen LogP contribution in [0.25, 0.3) is 0 Å². The number of carbonyl (C=O) groups excluding carboxylic acids is 1. The molecule has 0 bridgehead atoms.